The molecule has 2 N–H and O–H groups in total. The van der Waals surface area contributed by atoms with Crippen molar-refractivity contribution in [2.45, 2.75) is 51.0 Å². The SMILES string of the molecule is Cc1cc(Cl)c(Cl)cc1C1CCN(C(=O)CCC2(C)NC(=O)NC2=O)CC1. The molecule has 0 spiro atoms. The second kappa shape index (κ2) is 7.68. The van der Waals surface area contributed by atoms with Gasteiger partial charge in [-0.25, -0.2) is 4.79 Å². The summed E-state index contributed by atoms with van der Waals surface area (Å²) < 4.78 is 0. The van der Waals surface area contributed by atoms with Crippen molar-refractivity contribution >= 4 is 41.0 Å². The van der Waals surface area contributed by atoms with E-state index in [1.54, 1.807) is 6.92 Å². The van der Waals surface area contributed by atoms with Crippen LogP contribution in [0.15, 0.2) is 12.1 Å². The maximum absolute atomic E-state index is 12.5. The van der Waals surface area contributed by atoms with E-state index in [0.29, 0.717) is 29.1 Å². The summed E-state index contributed by atoms with van der Waals surface area (Å²) in [6, 6.07) is 3.31. The summed E-state index contributed by atoms with van der Waals surface area (Å²) in [5, 5.41) is 5.92. The van der Waals surface area contributed by atoms with Gasteiger partial charge in [0.2, 0.25) is 5.91 Å². The van der Waals surface area contributed by atoms with E-state index in [9.17, 15) is 14.4 Å². The van der Waals surface area contributed by atoms with Crippen molar-refractivity contribution in [2.24, 2.45) is 0 Å². The first-order chi connectivity index (χ1) is 12.7. The third kappa shape index (κ3) is 4.22. The van der Waals surface area contributed by atoms with Crippen LogP contribution in [0.1, 0.15) is 49.7 Å². The number of urea groups is 1. The van der Waals surface area contributed by atoms with Crippen LogP contribution in [-0.2, 0) is 9.59 Å². The normalized spacial score (nSPS) is 23.3. The molecule has 1 unspecified atom stereocenters. The molecule has 1 atom stereocenters. The Labute approximate surface area is 168 Å². The zero-order valence-corrected chi connectivity index (χ0v) is 16.9. The van der Waals surface area contributed by atoms with Crippen LogP contribution in [0.4, 0.5) is 4.79 Å². The topological polar surface area (TPSA) is 78.5 Å². The highest BCUT2D eigenvalue weighted by atomic mass is 35.5. The minimum Gasteiger partial charge on any atom is -0.343 e. The molecule has 3 rings (SSSR count). The van der Waals surface area contributed by atoms with Crippen molar-refractivity contribution in [3.63, 3.8) is 0 Å². The van der Waals surface area contributed by atoms with Crippen molar-refractivity contribution in [3.8, 4) is 0 Å². The van der Waals surface area contributed by atoms with Gasteiger partial charge in [-0.2, -0.15) is 0 Å². The van der Waals surface area contributed by atoms with E-state index in [2.05, 4.69) is 10.6 Å². The Morgan fingerprint density at radius 1 is 1.22 bits per heavy atom. The molecule has 0 saturated carbocycles. The molecule has 0 aromatic heterocycles. The van der Waals surface area contributed by atoms with Crippen LogP contribution in [0.5, 0.6) is 0 Å². The second-order valence-electron chi connectivity index (χ2n) is 7.52. The summed E-state index contributed by atoms with van der Waals surface area (Å²) in [7, 11) is 0. The molecule has 6 nitrogen and oxygen atoms in total. The third-order valence-corrected chi connectivity index (χ3v) is 6.28. The fraction of sp³-hybridized carbons (Fsp3) is 0.526. The zero-order valence-electron chi connectivity index (χ0n) is 15.4. The van der Waals surface area contributed by atoms with Crippen LogP contribution in [0.2, 0.25) is 10.0 Å². The highest BCUT2D eigenvalue weighted by Crippen LogP contribution is 2.35. The Bertz CT molecular complexity index is 791. The summed E-state index contributed by atoms with van der Waals surface area (Å²) in [5.74, 6) is -0.0233. The summed E-state index contributed by atoms with van der Waals surface area (Å²) in [4.78, 5) is 37.5. The van der Waals surface area contributed by atoms with Crippen molar-refractivity contribution in [1.29, 1.82) is 0 Å². The van der Waals surface area contributed by atoms with Gasteiger partial charge in [0.25, 0.3) is 5.91 Å². The Hall–Kier alpha value is -1.79. The molecule has 27 heavy (non-hydrogen) atoms. The Morgan fingerprint density at radius 3 is 2.44 bits per heavy atom. The van der Waals surface area contributed by atoms with Gasteiger partial charge in [-0.05, 0) is 62.3 Å². The number of carbonyl (C=O) groups excluding carboxylic acids is 3. The highest BCUT2D eigenvalue weighted by molar-refractivity contribution is 6.42. The summed E-state index contributed by atoms with van der Waals surface area (Å²) in [6.07, 6.45) is 2.23. The molecule has 146 valence electrons. The number of hydrogen-bond donors (Lipinski definition) is 2. The molecule has 2 fully saturated rings. The smallest absolute Gasteiger partial charge is 0.322 e. The van der Waals surface area contributed by atoms with E-state index in [1.165, 1.54) is 5.56 Å². The number of nitrogens with zero attached hydrogens (tertiary/aromatic N) is 1. The molecule has 2 saturated heterocycles. The number of piperidine rings is 1. The number of benzene rings is 1. The first-order valence-corrected chi connectivity index (χ1v) is 9.82. The van der Waals surface area contributed by atoms with Gasteiger partial charge >= 0.3 is 6.03 Å². The number of likely N-dealkylation sites (tertiary alicyclic amines) is 1. The minimum absolute atomic E-state index is 0.00878. The largest absolute Gasteiger partial charge is 0.343 e. The molecule has 1 aromatic carbocycles. The predicted octanol–water partition coefficient (Wildman–Crippen LogP) is 3.39. The zero-order chi connectivity index (χ0) is 19.8. The van der Waals surface area contributed by atoms with Gasteiger partial charge in [0, 0.05) is 19.5 Å². The van der Waals surface area contributed by atoms with Crippen LogP contribution >= 0.6 is 23.2 Å². The van der Waals surface area contributed by atoms with Crippen molar-refractivity contribution in [2.75, 3.05) is 13.1 Å². The number of imide groups is 1. The molecule has 0 radical (unpaired) electrons. The molecule has 0 aliphatic carbocycles. The van der Waals surface area contributed by atoms with Crippen LogP contribution < -0.4 is 10.6 Å². The maximum Gasteiger partial charge on any atom is 0.322 e. The van der Waals surface area contributed by atoms with Gasteiger partial charge < -0.3 is 10.2 Å². The van der Waals surface area contributed by atoms with Gasteiger partial charge in [0.05, 0.1) is 10.0 Å². The highest BCUT2D eigenvalue weighted by Gasteiger charge is 2.42. The number of halogens is 2. The minimum atomic E-state index is -1.01. The van der Waals surface area contributed by atoms with Gasteiger partial charge in [-0.15, -0.1) is 0 Å². The Balaban J connectivity index is 1.55. The van der Waals surface area contributed by atoms with Gasteiger partial charge in [-0.3, -0.25) is 14.9 Å². The molecule has 2 aliphatic heterocycles. The van der Waals surface area contributed by atoms with Crippen LogP contribution in [0.25, 0.3) is 0 Å². The number of carbonyl (C=O) groups is 3. The summed E-state index contributed by atoms with van der Waals surface area (Å²) in [5.41, 5.74) is 1.29. The Kier molecular flexibility index (Phi) is 5.68. The van der Waals surface area contributed by atoms with E-state index >= 15 is 0 Å². The predicted molar refractivity (Wildman–Crippen MR) is 104 cm³/mol. The molecule has 4 amide bonds. The lowest BCUT2D eigenvalue weighted by atomic mass is 9.86. The molecule has 8 heteroatoms. The first kappa shape index (κ1) is 20.0. The Morgan fingerprint density at radius 2 is 1.85 bits per heavy atom. The maximum atomic E-state index is 12.5. The van der Waals surface area contributed by atoms with Gasteiger partial charge in [0.15, 0.2) is 0 Å². The number of nitrogens with one attached hydrogen (secondary N) is 2. The molecule has 2 heterocycles. The van der Waals surface area contributed by atoms with Gasteiger partial charge in [-0.1, -0.05) is 23.2 Å². The van der Waals surface area contributed by atoms with Gasteiger partial charge in [0.1, 0.15) is 5.54 Å². The van der Waals surface area contributed by atoms with E-state index in [0.717, 1.165) is 18.4 Å². The molecular formula is C19H23Cl2N3O3. The van der Waals surface area contributed by atoms with Crippen molar-refractivity contribution < 1.29 is 14.4 Å². The molecule has 1 aromatic rings. The van der Waals surface area contributed by atoms with Crippen molar-refractivity contribution in [1.82, 2.24) is 15.5 Å². The second-order valence-corrected chi connectivity index (χ2v) is 8.33. The molecule has 2 aliphatic rings. The quantitative estimate of drug-likeness (QED) is 0.745. The summed E-state index contributed by atoms with van der Waals surface area (Å²) >= 11 is 12.2. The molecule has 0 bridgehead atoms. The standard InChI is InChI=1S/C19H23Cl2N3O3/c1-11-9-14(20)15(21)10-13(11)12-4-7-24(8-5-12)16(25)3-6-19(2)17(26)22-18(27)23-19/h9-10,12H,3-8H2,1-2H3,(H2,22,23,26,27). The number of amides is 4. The van der Waals surface area contributed by atoms with Crippen molar-refractivity contribution in [3.05, 3.63) is 33.3 Å². The average molecular weight is 412 g/mol. The lowest BCUT2D eigenvalue weighted by molar-refractivity contribution is -0.133. The fourth-order valence-electron chi connectivity index (χ4n) is 3.81. The molecular weight excluding hydrogens is 389 g/mol. The third-order valence-electron chi connectivity index (χ3n) is 5.55. The van der Waals surface area contributed by atoms with E-state index in [-0.39, 0.29) is 24.7 Å². The van der Waals surface area contributed by atoms with E-state index in [4.69, 9.17) is 23.2 Å². The first-order valence-electron chi connectivity index (χ1n) is 9.06. The lowest BCUT2D eigenvalue weighted by Crippen LogP contribution is -2.45. The number of hydrogen-bond acceptors (Lipinski definition) is 3. The van der Waals surface area contributed by atoms with Crippen LogP contribution in [0.3, 0.4) is 0 Å². The van der Waals surface area contributed by atoms with Crippen LogP contribution in [-0.4, -0.2) is 41.4 Å². The summed E-state index contributed by atoms with van der Waals surface area (Å²) in [6.45, 7) is 4.99. The monoisotopic (exact) mass is 411 g/mol. The lowest BCUT2D eigenvalue weighted by Gasteiger charge is -2.33. The van der Waals surface area contributed by atoms with Crippen LogP contribution in [0, 0.1) is 6.92 Å². The van der Waals surface area contributed by atoms with E-state index < -0.39 is 11.6 Å². The number of rotatable bonds is 4. The number of aryl methyl sites for hydroxylation is 1. The fourth-order valence-corrected chi connectivity index (χ4v) is 4.20. The average Bonchev–Trinajstić information content (AvgIpc) is 2.88. The van der Waals surface area contributed by atoms with E-state index in [1.807, 2.05) is 24.0 Å².